The maximum atomic E-state index is 5.54. The molecule has 0 aromatic rings. The Labute approximate surface area is 140 Å². The highest BCUT2D eigenvalue weighted by atomic mass is 79.9. The minimum atomic E-state index is 0.391. The highest BCUT2D eigenvalue weighted by Gasteiger charge is 2.29. The van der Waals surface area contributed by atoms with Crippen LogP contribution in [-0.4, -0.2) is 56.3 Å². The first-order chi connectivity index (χ1) is 10.2. The summed E-state index contributed by atoms with van der Waals surface area (Å²) in [6.45, 7) is 15.1. The monoisotopic (exact) mass is 365 g/mol. The molecule has 0 aliphatic carbocycles. The van der Waals surface area contributed by atoms with Crippen LogP contribution in [0.5, 0.6) is 0 Å². The molecule has 0 fully saturated rings. The van der Waals surface area contributed by atoms with Crippen molar-refractivity contribution in [3.63, 3.8) is 0 Å². The largest absolute Gasteiger partial charge is 0.380 e. The van der Waals surface area contributed by atoms with Crippen molar-refractivity contribution in [3.05, 3.63) is 0 Å². The fourth-order valence-electron chi connectivity index (χ4n) is 2.94. The van der Waals surface area contributed by atoms with Gasteiger partial charge in [0.05, 0.1) is 13.2 Å². The zero-order valence-electron chi connectivity index (χ0n) is 14.6. The summed E-state index contributed by atoms with van der Waals surface area (Å²) in [5, 5.41) is 1.08. The normalized spacial score (nSPS) is 12.3. The molecule has 0 spiro atoms. The SMILES string of the molecule is CCCC(CBr)(CCC)CN(CCOCC)CCOCC. The standard InChI is InChI=1S/C17H36BrNO2/c1-5-9-17(15-18,10-6-2)16-19(11-13-20-7-3)12-14-21-8-4/h5-16H2,1-4H3. The van der Waals surface area contributed by atoms with E-state index in [1.54, 1.807) is 0 Å². The quantitative estimate of drug-likeness (QED) is 0.318. The lowest BCUT2D eigenvalue weighted by molar-refractivity contribution is 0.0587. The predicted octanol–water partition coefficient (Wildman–Crippen LogP) is 4.34. The minimum absolute atomic E-state index is 0.391. The van der Waals surface area contributed by atoms with Crippen molar-refractivity contribution >= 4 is 15.9 Å². The Balaban J connectivity index is 4.58. The lowest BCUT2D eigenvalue weighted by Crippen LogP contribution is -2.42. The molecule has 0 saturated carbocycles. The molecule has 0 aromatic heterocycles. The molecule has 0 heterocycles. The van der Waals surface area contributed by atoms with Gasteiger partial charge >= 0.3 is 0 Å². The van der Waals surface area contributed by atoms with Crippen molar-refractivity contribution in [3.8, 4) is 0 Å². The van der Waals surface area contributed by atoms with E-state index in [9.17, 15) is 0 Å². The van der Waals surface area contributed by atoms with Crippen LogP contribution >= 0.6 is 15.9 Å². The molecule has 0 N–H and O–H groups in total. The summed E-state index contributed by atoms with van der Waals surface area (Å²) < 4.78 is 11.1. The predicted molar refractivity (Wildman–Crippen MR) is 95.5 cm³/mol. The summed E-state index contributed by atoms with van der Waals surface area (Å²) in [7, 11) is 0. The molecule has 0 aliphatic heterocycles. The number of hydrogen-bond donors (Lipinski definition) is 0. The second kappa shape index (κ2) is 14.0. The Morgan fingerprint density at radius 2 is 1.33 bits per heavy atom. The molecule has 0 saturated heterocycles. The number of nitrogens with zero attached hydrogens (tertiary/aromatic N) is 1. The van der Waals surface area contributed by atoms with Gasteiger partial charge in [0.25, 0.3) is 0 Å². The van der Waals surface area contributed by atoms with Crippen molar-refractivity contribution in [2.24, 2.45) is 5.41 Å². The van der Waals surface area contributed by atoms with Gasteiger partial charge in [-0.15, -0.1) is 0 Å². The molecule has 0 radical (unpaired) electrons. The molecule has 0 aromatic carbocycles. The topological polar surface area (TPSA) is 21.7 Å². The van der Waals surface area contributed by atoms with E-state index in [0.717, 1.165) is 51.4 Å². The third kappa shape index (κ3) is 9.88. The Kier molecular flexibility index (Phi) is 14.2. The van der Waals surface area contributed by atoms with Crippen molar-refractivity contribution in [2.45, 2.75) is 53.4 Å². The summed E-state index contributed by atoms with van der Waals surface area (Å²) in [5.74, 6) is 0. The van der Waals surface area contributed by atoms with Crippen LogP contribution in [0.15, 0.2) is 0 Å². The first-order valence-electron chi connectivity index (χ1n) is 8.61. The number of halogens is 1. The minimum Gasteiger partial charge on any atom is -0.380 e. The van der Waals surface area contributed by atoms with E-state index >= 15 is 0 Å². The van der Waals surface area contributed by atoms with Crippen LogP contribution in [0.25, 0.3) is 0 Å². The van der Waals surface area contributed by atoms with E-state index in [-0.39, 0.29) is 0 Å². The molecule has 0 amide bonds. The molecule has 0 unspecified atom stereocenters. The summed E-state index contributed by atoms with van der Waals surface area (Å²) in [6, 6.07) is 0. The van der Waals surface area contributed by atoms with E-state index in [1.807, 2.05) is 0 Å². The molecule has 0 aliphatic rings. The molecule has 21 heavy (non-hydrogen) atoms. The maximum Gasteiger partial charge on any atom is 0.0593 e. The fourth-order valence-corrected chi connectivity index (χ4v) is 3.68. The van der Waals surface area contributed by atoms with Gasteiger partial charge in [-0.25, -0.2) is 0 Å². The van der Waals surface area contributed by atoms with E-state index in [4.69, 9.17) is 9.47 Å². The summed E-state index contributed by atoms with van der Waals surface area (Å²) >= 11 is 3.78. The molecule has 3 nitrogen and oxygen atoms in total. The second-order valence-electron chi connectivity index (χ2n) is 5.80. The third-order valence-electron chi connectivity index (χ3n) is 3.92. The lowest BCUT2D eigenvalue weighted by atomic mass is 9.80. The average Bonchev–Trinajstić information content (AvgIpc) is 2.48. The van der Waals surface area contributed by atoms with Gasteiger partial charge in [0.2, 0.25) is 0 Å². The van der Waals surface area contributed by atoms with Gasteiger partial charge < -0.3 is 9.47 Å². The summed E-state index contributed by atoms with van der Waals surface area (Å²) in [4.78, 5) is 2.53. The number of rotatable bonds is 15. The van der Waals surface area contributed by atoms with Crippen LogP contribution in [0.2, 0.25) is 0 Å². The molecular weight excluding hydrogens is 330 g/mol. The first-order valence-corrected chi connectivity index (χ1v) is 9.73. The maximum absolute atomic E-state index is 5.54. The van der Waals surface area contributed by atoms with Gasteiger partial charge in [0.1, 0.15) is 0 Å². The second-order valence-corrected chi connectivity index (χ2v) is 6.36. The molecule has 4 heteroatoms. The van der Waals surface area contributed by atoms with Gasteiger partial charge in [0.15, 0.2) is 0 Å². The van der Waals surface area contributed by atoms with E-state index < -0.39 is 0 Å². The molecule has 0 atom stereocenters. The molecule has 128 valence electrons. The molecule has 0 rings (SSSR count). The lowest BCUT2D eigenvalue weighted by Gasteiger charge is -2.37. The van der Waals surface area contributed by atoms with Crippen molar-refractivity contribution in [1.29, 1.82) is 0 Å². The van der Waals surface area contributed by atoms with Gasteiger partial charge in [0, 0.05) is 38.2 Å². The zero-order chi connectivity index (χ0) is 16.0. The van der Waals surface area contributed by atoms with E-state index in [1.165, 1.54) is 25.7 Å². The van der Waals surface area contributed by atoms with Crippen LogP contribution in [0.1, 0.15) is 53.4 Å². The van der Waals surface area contributed by atoms with Gasteiger partial charge in [-0.2, -0.15) is 0 Å². The van der Waals surface area contributed by atoms with E-state index in [0.29, 0.717) is 5.41 Å². The average molecular weight is 366 g/mol. The van der Waals surface area contributed by atoms with Crippen LogP contribution in [-0.2, 0) is 9.47 Å². The number of alkyl halides is 1. The highest BCUT2D eigenvalue weighted by molar-refractivity contribution is 9.09. The summed E-state index contributed by atoms with van der Waals surface area (Å²) in [5.41, 5.74) is 0.391. The molecular formula is C17H36BrNO2. The number of ether oxygens (including phenoxy) is 2. The van der Waals surface area contributed by atoms with Crippen LogP contribution < -0.4 is 0 Å². The first kappa shape index (κ1) is 21.4. The fraction of sp³-hybridized carbons (Fsp3) is 1.00. The van der Waals surface area contributed by atoms with Crippen molar-refractivity contribution < 1.29 is 9.47 Å². The number of hydrogen-bond acceptors (Lipinski definition) is 3. The highest BCUT2D eigenvalue weighted by Crippen LogP contribution is 2.33. The van der Waals surface area contributed by atoms with E-state index in [2.05, 4.69) is 48.5 Å². The van der Waals surface area contributed by atoms with Gasteiger partial charge in [-0.05, 0) is 32.1 Å². The van der Waals surface area contributed by atoms with Crippen LogP contribution in [0.4, 0.5) is 0 Å². The van der Waals surface area contributed by atoms with Crippen molar-refractivity contribution in [1.82, 2.24) is 4.90 Å². The third-order valence-corrected chi connectivity index (χ3v) is 5.10. The Morgan fingerprint density at radius 3 is 1.67 bits per heavy atom. The van der Waals surface area contributed by atoms with Crippen molar-refractivity contribution in [2.75, 3.05) is 51.4 Å². The molecule has 0 bridgehead atoms. The van der Waals surface area contributed by atoms with Crippen LogP contribution in [0.3, 0.4) is 0 Å². The Hall–Kier alpha value is 0.360. The van der Waals surface area contributed by atoms with Gasteiger partial charge in [-0.3, -0.25) is 4.90 Å². The zero-order valence-corrected chi connectivity index (χ0v) is 16.2. The Morgan fingerprint density at radius 1 is 0.857 bits per heavy atom. The Bertz CT molecular complexity index is 211. The van der Waals surface area contributed by atoms with Gasteiger partial charge in [-0.1, -0.05) is 42.6 Å². The van der Waals surface area contributed by atoms with Crippen LogP contribution in [0, 0.1) is 5.41 Å². The summed E-state index contributed by atoms with van der Waals surface area (Å²) in [6.07, 6.45) is 5.06. The smallest absolute Gasteiger partial charge is 0.0593 e.